The van der Waals surface area contributed by atoms with Crippen molar-refractivity contribution in [2.75, 3.05) is 26.2 Å². The van der Waals surface area contributed by atoms with Gasteiger partial charge in [-0.3, -0.25) is 4.79 Å². The number of hydrogen-bond acceptors (Lipinski definition) is 10. The third kappa shape index (κ3) is 4.04. The van der Waals surface area contributed by atoms with E-state index in [9.17, 15) is 24.6 Å². The Kier molecular flexibility index (Phi) is 5.82. The van der Waals surface area contributed by atoms with Gasteiger partial charge in [0, 0.05) is 38.0 Å². The standard InChI is InChI=1S/C23H31N3O8S/c27-18-19(28)22(31)34-35(33-21(18)30)17-12-26(20(29)13-2-1-3-13)11-8-16(17)24-23(35)32-15-6-9-25(10-7-15)14-4-5-14/h13-15,18-19,27-28H,1-12H2. The summed E-state index contributed by atoms with van der Waals surface area (Å²) < 4.78 is 17.6. The molecule has 1 spiro atoms. The molecular formula is C23H31N3O8S. The Morgan fingerprint density at radius 2 is 1.63 bits per heavy atom. The molecule has 0 aromatic carbocycles. The Hall–Kier alpha value is -2.15. The fraction of sp³-hybridized carbons (Fsp3) is 0.739. The SMILES string of the molecule is O=C1OS2(OC(=O)C(O)C1O)C(OC1CCN(C3CC3)CC1)=NC1=C2CN(C(=O)C2CCC2)CC1. The van der Waals surface area contributed by atoms with E-state index in [0.717, 1.165) is 45.2 Å². The van der Waals surface area contributed by atoms with Crippen molar-refractivity contribution in [2.45, 2.75) is 75.7 Å². The van der Waals surface area contributed by atoms with Crippen LogP contribution >= 0.6 is 10.6 Å². The van der Waals surface area contributed by atoms with E-state index >= 15 is 0 Å². The van der Waals surface area contributed by atoms with Crippen molar-refractivity contribution in [3.63, 3.8) is 0 Å². The average molecular weight is 510 g/mol. The van der Waals surface area contributed by atoms with Crippen LogP contribution in [0.1, 0.15) is 51.4 Å². The van der Waals surface area contributed by atoms with Crippen molar-refractivity contribution in [3.8, 4) is 0 Å². The zero-order valence-corrected chi connectivity index (χ0v) is 20.3. The second-order valence-electron chi connectivity index (χ2n) is 10.2. The predicted molar refractivity (Wildman–Crippen MR) is 123 cm³/mol. The first-order chi connectivity index (χ1) is 16.9. The molecule has 1 amide bonds. The van der Waals surface area contributed by atoms with Gasteiger partial charge in [0.25, 0.3) is 0 Å². The molecule has 0 radical (unpaired) electrons. The summed E-state index contributed by atoms with van der Waals surface area (Å²) in [6.07, 6.45) is 2.79. The molecule has 4 aliphatic heterocycles. The van der Waals surface area contributed by atoms with Crippen LogP contribution in [0, 0.1) is 5.92 Å². The van der Waals surface area contributed by atoms with Gasteiger partial charge in [0.15, 0.2) is 12.2 Å². The summed E-state index contributed by atoms with van der Waals surface area (Å²) in [6, 6.07) is 0.664. The second-order valence-corrected chi connectivity index (χ2v) is 12.3. The minimum absolute atomic E-state index is 0.00770. The van der Waals surface area contributed by atoms with Gasteiger partial charge in [-0.2, -0.15) is 4.99 Å². The summed E-state index contributed by atoms with van der Waals surface area (Å²) >= 11 is 0. The summed E-state index contributed by atoms with van der Waals surface area (Å²) in [6.45, 7) is 2.34. The fourth-order valence-corrected chi connectivity index (χ4v) is 7.79. The number of ether oxygens (including phenoxy) is 1. The maximum absolute atomic E-state index is 13.0. The molecule has 12 heteroatoms. The summed E-state index contributed by atoms with van der Waals surface area (Å²) in [7, 11) is -3.32. The van der Waals surface area contributed by atoms with Crippen molar-refractivity contribution in [3.05, 3.63) is 10.6 Å². The normalized spacial score (nSPS) is 36.5. The quantitative estimate of drug-likeness (QED) is 0.563. The molecule has 35 heavy (non-hydrogen) atoms. The van der Waals surface area contributed by atoms with Crippen molar-refractivity contribution in [2.24, 2.45) is 10.9 Å². The van der Waals surface area contributed by atoms with Crippen LogP contribution in [-0.2, 0) is 27.5 Å². The number of aliphatic hydroxyl groups is 2. The van der Waals surface area contributed by atoms with Crippen LogP contribution in [0.2, 0.25) is 0 Å². The maximum Gasteiger partial charge on any atom is 0.361 e. The number of hydrogen-bond donors (Lipinski definition) is 2. The molecule has 2 atom stereocenters. The number of aliphatic imine (C=N–C) groups is 1. The monoisotopic (exact) mass is 509 g/mol. The first-order valence-corrected chi connectivity index (χ1v) is 14.0. The number of aliphatic hydroxyl groups excluding tert-OH is 2. The van der Waals surface area contributed by atoms with Crippen molar-refractivity contribution >= 4 is 33.7 Å². The molecule has 0 aromatic rings. The van der Waals surface area contributed by atoms with Gasteiger partial charge in [-0.05, 0) is 49.1 Å². The van der Waals surface area contributed by atoms with Crippen LogP contribution in [0.4, 0.5) is 0 Å². The number of fused-ring (bicyclic) bond motifs is 1. The van der Waals surface area contributed by atoms with E-state index in [4.69, 9.17) is 13.1 Å². The van der Waals surface area contributed by atoms with Crippen LogP contribution in [0.3, 0.4) is 0 Å². The lowest BCUT2D eigenvalue weighted by atomic mass is 9.84. The maximum atomic E-state index is 13.0. The first kappa shape index (κ1) is 23.3. The Morgan fingerprint density at radius 1 is 0.971 bits per heavy atom. The topological polar surface area (TPSA) is 138 Å². The van der Waals surface area contributed by atoms with E-state index in [-0.39, 0.29) is 29.7 Å². The van der Waals surface area contributed by atoms with Gasteiger partial charge in [-0.25, -0.2) is 9.59 Å². The van der Waals surface area contributed by atoms with Crippen molar-refractivity contribution < 1.29 is 37.7 Å². The van der Waals surface area contributed by atoms with Crippen LogP contribution in [0.25, 0.3) is 0 Å². The van der Waals surface area contributed by atoms with Crippen LogP contribution in [0.5, 0.6) is 0 Å². The van der Waals surface area contributed by atoms with Gasteiger partial charge >= 0.3 is 17.2 Å². The van der Waals surface area contributed by atoms with Gasteiger partial charge in [-0.1, -0.05) is 6.42 Å². The highest BCUT2D eigenvalue weighted by atomic mass is 32.3. The number of carbonyl (C=O) groups excluding carboxylic acids is 3. The van der Waals surface area contributed by atoms with Gasteiger partial charge in [0.1, 0.15) is 11.0 Å². The summed E-state index contributed by atoms with van der Waals surface area (Å²) in [5.41, 5.74) is 0.578. The van der Waals surface area contributed by atoms with Crippen LogP contribution in [-0.4, -0.2) is 93.6 Å². The lowest BCUT2D eigenvalue weighted by Gasteiger charge is -2.42. The summed E-state index contributed by atoms with van der Waals surface area (Å²) in [4.78, 5) is 47.5. The Labute approximate surface area is 204 Å². The van der Waals surface area contributed by atoms with Crippen molar-refractivity contribution in [1.82, 2.24) is 9.80 Å². The summed E-state index contributed by atoms with van der Waals surface area (Å²) in [5, 5.41) is 20.2. The lowest BCUT2D eigenvalue weighted by Crippen LogP contribution is -2.43. The number of rotatable bonds is 3. The largest absolute Gasteiger partial charge is 0.461 e. The third-order valence-electron chi connectivity index (χ3n) is 7.81. The highest BCUT2D eigenvalue weighted by Gasteiger charge is 2.55. The minimum Gasteiger partial charge on any atom is -0.461 e. The van der Waals surface area contributed by atoms with Gasteiger partial charge in [-0.15, -0.1) is 0 Å². The van der Waals surface area contributed by atoms with Gasteiger partial charge in [0.2, 0.25) is 5.91 Å². The number of nitrogens with zero attached hydrogens (tertiary/aromatic N) is 3. The minimum atomic E-state index is -3.32. The van der Waals surface area contributed by atoms with E-state index in [1.165, 1.54) is 12.8 Å². The van der Waals surface area contributed by atoms with E-state index < -0.39 is 34.7 Å². The number of piperidine rings is 1. The molecule has 4 fully saturated rings. The van der Waals surface area contributed by atoms with E-state index in [1.54, 1.807) is 4.90 Å². The van der Waals surface area contributed by atoms with E-state index in [0.29, 0.717) is 29.6 Å². The lowest BCUT2D eigenvalue weighted by molar-refractivity contribution is -0.156. The highest BCUT2D eigenvalue weighted by molar-refractivity contribution is 8.41. The zero-order valence-electron chi connectivity index (χ0n) is 19.5. The molecule has 6 aliphatic rings. The average Bonchev–Trinajstić information content (AvgIpc) is 3.63. The smallest absolute Gasteiger partial charge is 0.361 e. The molecule has 4 heterocycles. The summed E-state index contributed by atoms with van der Waals surface area (Å²) in [5.74, 6) is -2.32. The van der Waals surface area contributed by atoms with Crippen molar-refractivity contribution in [1.29, 1.82) is 0 Å². The molecule has 2 saturated carbocycles. The van der Waals surface area contributed by atoms with E-state index in [1.807, 2.05) is 0 Å². The molecule has 6 rings (SSSR count). The molecule has 0 bridgehead atoms. The Bertz CT molecular complexity index is 977. The predicted octanol–water partition coefficient (Wildman–Crippen LogP) is 0.700. The fourth-order valence-electron chi connectivity index (χ4n) is 5.27. The second kappa shape index (κ2) is 8.75. The molecule has 11 nitrogen and oxygen atoms in total. The molecule has 2 unspecified atom stereocenters. The Morgan fingerprint density at radius 3 is 2.20 bits per heavy atom. The molecule has 0 aromatic heterocycles. The van der Waals surface area contributed by atoms with Crippen LogP contribution in [0.15, 0.2) is 15.6 Å². The molecular weight excluding hydrogens is 478 g/mol. The molecule has 2 N–H and O–H groups in total. The first-order valence-electron chi connectivity index (χ1n) is 12.5. The molecule has 192 valence electrons. The Balaban J connectivity index is 1.28. The highest BCUT2D eigenvalue weighted by Crippen LogP contribution is 2.66. The molecule has 2 saturated heterocycles. The number of amides is 1. The van der Waals surface area contributed by atoms with E-state index in [2.05, 4.69) is 9.89 Å². The molecule has 2 aliphatic carbocycles. The number of carbonyl (C=O) groups is 3. The van der Waals surface area contributed by atoms with Gasteiger partial charge < -0.3 is 33.1 Å². The van der Waals surface area contributed by atoms with Gasteiger partial charge in [0.05, 0.1) is 12.2 Å². The zero-order chi connectivity index (χ0) is 24.3. The third-order valence-corrected chi connectivity index (χ3v) is 10.3. The number of likely N-dealkylation sites (tertiary alicyclic amines) is 1. The van der Waals surface area contributed by atoms with Crippen LogP contribution < -0.4 is 0 Å².